The number of nitrogens with zero attached hydrogens (tertiary/aromatic N) is 3. The molecule has 3 heterocycles. The van der Waals surface area contributed by atoms with Crippen LogP contribution in [0.2, 0.25) is 0 Å². The van der Waals surface area contributed by atoms with Crippen LogP contribution in [0.1, 0.15) is 24.1 Å². The maximum absolute atomic E-state index is 12.7. The Hall–Kier alpha value is -3.46. The molecule has 0 fully saturated rings. The molecule has 0 atom stereocenters. The molecule has 0 unspecified atom stereocenters. The molecule has 0 saturated carbocycles. The number of ether oxygens (including phenoxy) is 2. The van der Waals surface area contributed by atoms with Gasteiger partial charge in [0.05, 0.1) is 22.8 Å². The third-order valence-corrected chi connectivity index (χ3v) is 6.63. The Kier molecular flexibility index (Phi) is 5.95. The van der Waals surface area contributed by atoms with Crippen molar-refractivity contribution in [1.82, 2.24) is 15.1 Å². The van der Waals surface area contributed by atoms with Gasteiger partial charge in [0.15, 0.2) is 11.5 Å². The molecule has 33 heavy (non-hydrogen) atoms. The van der Waals surface area contributed by atoms with Crippen LogP contribution in [-0.2, 0) is 16.1 Å². The normalized spacial score (nSPS) is 14.3. The van der Waals surface area contributed by atoms with Crippen molar-refractivity contribution in [2.45, 2.75) is 31.3 Å². The van der Waals surface area contributed by atoms with Crippen LogP contribution in [0.5, 0.6) is 11.5 Å². The van der Waals surface area contributed by atoms with Crippen molar-refractivity contribution >= 4 is 29.3 Å². The molecule has 0 bridgehead atoms. The lowest BCUT2D eigenvalue weighted by Crippen LogP contribution is -2.37. The number of carbonyl (C=O) groups is 2. The van der Waals surface area contributed by atoms with Gasteiger partial charge >= 0.3 is 0 Å². The molecule has 0 saturated heterocycles. The number of amides is 2. The highest BCUT2D eigenvalue weighted by Crippen LogP contribution is 2.39. The molecular formula is C24H24N4O4S. The maximum Gasteiger partial charge on any atom is 0.237 e. The average molecular weight is 465 g/mol. The Morgan fingerprint density at radius 3 is 2.82 bits per heavy atom. The van der Waals surface area contributed by atoms with Gasteiger partial charge in [-0.2, -0.15) is 5.10 Å². The van der Waals surface area contributed by atoms with E-state index in [-0.39, 0.29) is 18.6 Å². The number of carbonyl (C=O) groups excluding carboxylic acids is 2. The first-order valence-electron chi connectivity index (χ1n) is 10.8. The van der Waals surface area contributed by atoms with Gasteiger partial charge in [-0.15, -0.1) is 0 Å². The maximum atomic E-state index is 12.7. The molecule has 2 amide bonds. The molecule has 8 nitrogen and oxygen atoms in total. The molecule has 0 aliphatic carbocycles. The molecule has 2 aromatic carbocycles. The van der Waals surface area contributed by atoms with E-state index in [9.17, 15) is 9.59 Å². The van der Waals surface area contributed by atoms with Crippen LogP contribution in [0.25, 0.3) is 5.69 Å². The van der Waals surface area contributed by atoms with Crippen LogP contribution in [0.15, 0.2) is 53.6 Å². The average Bonchev–Trinajstić information content (AvgIpc) is 3.43. The van der Waals surface area contributed by atoms with Crippen molar-refractivity contribution in [3.8, 4) is 17.2 Å². The second-order valence-corrected chi connectivity index (χ2v) is 8.85. The predicted molar refractivity (Wildman–Crippen MR) is 125 cm³/mol. The number of thioether (sulfide) groups is 1. The Labute approximate surface area is 195 Å². The number of para-hydroxylation sites is 1. The van der Waals surface area contributed by atoms with E-state index in [1.54, 1.807) is 4.90 Å². The van der Waals surface area contributed by atoms with E-state index in [2.05, 4.69) is 10.4 Å². The molecule has 1 N–H and O–H groups in total. The second kappa shape index (κ2) is 9.19. The highest BCUT2D eigenvalue weighted by Gasteiger charge is 2.31. The van der Waals surface area contributed by atoms with Crippen LogP contribution in [0.3, 0.4) is 0 Å². The van der Waals surface area contributed by atoms with Gasteiger partial charge in [0, 0.05) is 19.5 Å². The second-order valence-electron chi connectivity index (χ2n) is 7.89. The van der Waals surface area contributed by atoms with Crippen LogP contribution in [-0.4, -0.2) is 40.7 Å². The SMILES string of the molecule is Cc1nn(-c2ccccc2)c2c1N(CCCC(=O)NCc1ccc3c(c1)OCO3)C(=O)CS2. The fourth-order valence-electron chi connectivity index (χ4n) is 3.99. The largest absolute Gasteiger partial charge is 0.454 e. The molecule has 2 aliphatic heterocycles. The number of rotatable bonds is 7. The van der Waals surface area contributed by atoms with Crippen LogP contribution in [0.4, 0.5) is 5.69 Å². The highest BCUT2D eigenvalue weighted by molar-refractivity contribution is 8.00. The lowest BCUT2D eigenvalue weighted by molar-refractivity contribution is -0.121. The summed E-state index contributed by atoms with van der Waals surface area (Å²) in [5.41, 5.74) is 3.57. The first kappa shape index (κ1) is 21.4. The molecule has 0 radical (unpaired) electrons. The Morgan fingerprint density at radius 1 is 1.15 bits per heavy atom. The number of aryl methyl sites for hydroxylation is 1. The van der Waals surface area contributed by atoms with Crippen molar-refractivity contribution in [3.05, 3.63) is 59.8 Å². The Balaban J connectivity index is 1.19. The smallest absolute Gasteiger partial charge is 0.237 e. The molecule has 0 spiro atoms. The monoisotopic (exact) mass is 464 g/mol. The zero-order valence-corrected chi connectivity index (χ0v) is 19.1. The molecule has 2 aliphatic rings. The van der Waals surface area contributed by atoms with E-state index in [1.807, 2.05) is 60.1 Å². The Bertz CT molecular complexity index is 1190. The molecular weight excluding hydrogens is 440 g/mol. The van der Waals surface area contributed by atoms with Crippen molar-refractivity contribution in [3.63, 3.8) is 0 Å². The van der Waals surface area contributed by atoms with E-state index in [0.29, 0.717) is 37.4 Å². The van der Waals surface area contributed by atoms with E-state index in [0.717, 1.165) is 33.4 Å². The van der Waals surface area contributed by atoms with E-state index in [4.69, 9.17) is 9.47 Å². The van der Waals surface area contributed by atoms with Gasteiger partial charge in [-0.05, 0) is 43.2 Å². The molecule has 9 heteroatoms. The summed E-state index contributed by atoms with van der Waals surface area (Å²) in [4.78, 5) is 26.8. The van der Waals surface area contributed by atoms with Crippen molar-refractivity contribution in [1.29, 1.82) is 0 Å². The minimum atomic E-state index is -0.0524. The van der Waals surface area contributed by atoms with Gasteiger partial charge in [-0.25, -0.2) is 4.68 Å². The zero-order valence-electron chi connectivity index (χ0n) is 18.2. The van der Waals surface area contributed by atoms with E-state index in [1.165, 1.54) is 11.8 Å². The van der Waals surface area contributed by atoms with Gasteiger partial charge < -0.3 is 19.7 Å². The molecule has 3 aromatic rings. The third-order valence-electron chi connectivity index (χ3n) is 5.60. The zero-order chi connectivity index (χ0) is 22.8. The lowest BCUT2D eigenvalue weighted by atomic mass is 10.2. The van der Waals surface area contributed by atoms with Gasteiger partial charge in [-0.3, -0.25) is 9.59 Å². The molecule has 170 valence electrons. The summed E-state index contributed by atoms with van der Waals surface area (Å²) < 4.78 is 12.6. The summed E-state index contributed by atoms with van der Waals surface area (Å²) in [6.07, 6.45) is 0.904. The first-order chi connectivity index (χ1) is 16.1. The number of benzene rings is 2. The summed E-state index contributed by atoms with van der Waals surface area (Å²) >= 11 is 1.51. The third kappa shape index (κ3) is 4.41. The minimum Gasteiger partial charge on any atom is -0.454 e. The summed E-state index contributed by atoms with van der Waals surface area (Å²) in [5.74, 6) is 1.78. The minimum absolute atomic E-state index is 0.0454. The highest BCUT2D eigenvalue weighted by atomic mass is 32.2. The van der Waals surface area contributed by atoms with Crippen molar-refractivity contribution in [2.75, 3.05) is 24.0 Å². The van der Waals surface area contributed by atoms with Gasteiger partial charge in [-0.1, -0.05) is 36.0 Å². The van der Waals surface area contributed by atoms with Gasteiger partial charge in [0.2, 0.25) is 18.6 Å². The summed E-state index contributed by atoms with van der Waals surface area (Å²) in [5, 5.41) is 8.58. The number of nitrogens with one attached hydrogen (secondary N) is 1. The number of anilines is 1. The standard InChI is InChI=1S/C24H24N4O4S/c1-16-23-24(28(26-16)18-6-3-2-4-7-18)33-14-22(30)27(23)11-5-8-21(29)25-13-17-9-10-19-20(12-17)32-15-31-19/h2-4,6-7,9-10,12H,5,8,11,13-15H2,1H3,(H,25,29). The molecule has 5 rings (SSSR count). The number of hydrogen-bond acceptors (Lipinski definition) is 6. The van der Waals surface area contributed by atoms with Gasteiger partial charge in [0.25, 0.3) is 0 Å². The molecule has 1 aromatic heterocycles. The van der Waals surface area contributed by atoms with E-state index >= 15 is 0 Å². The summed E-state index contributed by atoms with van der Waals surface area (Å²) in [7, 11) is 0. The summed E-state index contributed by atoms with van der Waals surface area (Å²) in [6, 6.07) is 15.5. The predicted octanol–water partition coefficient (Wildman–Crippen LogP) is 3.44. The van der Waals surface area contributed by atoms with Crippen LogP contribution < -0.4 is 19.7 Å². The lowest BCUT2D eigenvalue weighted by Gasteiger charge is -2.27. The first-order valence-corrected chi connectivity index (χ1v) is 11.8. The van der Waals surface area contributed by atoms with E-state index < -0.39 is 0 Å². The number of hydrogen-bond donors (Lipinski definition) is 1. The summed E-state index contributed by atoms with van der Waals surface area (Å²) in [6.45, 7) is 3.04. The van der Waals surface area contributed by atoms with Crippen LogP contribution in [0, 0.1) is 6.92 Å². The van der Waals surface area contributed by atoms with Gasteiger partial charge in [0.1, 0.15) is 5.03 Å². The topological polar surface area (TPSA) is 85.7 Å². The van der Waals surface area contributed by atoms with Crippen molar-refractivity contribution < 1.29 is 19.1 Å². The number of fused-ring (bicyclic) bond motifs is 2. The fourth-order valence-corrected chi connectivity index (χ4v) is 5.07. The Morgan fingerprint density at radius 2 is 1.97 bits per heavy atom. The fraction of sp³-hybridized carbons (Fsp3) is 0.292. The number of aromatic nitrogens is 2. The van der Waals surface area contributed by atoms with Crippen LogP contribution >= 0.6 is 11.8 Å². The van der Waals surface area contributed by atoms with Crippen molar-refractivity contribution in [2.24, 2.45) is 0 Å². The quantitative estimate of drug-likeness (QED) is 0.577.